The van der Waals surface area contributed by atoms with Gasteiger partial charge in [-0.05, 0) is 30.0 Å². The Morgan fingerprint density at radius 1 is 0.958 bits per heavy atom. The summed E-state index contributed by atoms with van der Waals surface area (Å²) in [5.41, 5.74) is 1.62. The molecule has 2 aromatic rings. The monoisotopic (exact) mass is 325 g/mol. The molecule has 2 N–H and O–H groups in total. The van der Waals surface area contributed by atoms with Crippen LogP contribution < -0.4 is 5.32 Å². The highest BCUT2D eigenvalue weighted by Crippen LogP contribution is 2.15. The lowest BCUT2D eigenvalue weighted by Crippen LogP contribution is -2.54. The first kappa shape index (κ1) is 17.7. The van der Waals surface area contributed by atoms with Crippen LogP contribution in [0.15, 0.2) is 54.6 Å². The second kappa shape index (κ2) is 7.77. The summed E-state index contributed by atoms with van der Waals surface area (Å²) in [5, 5.41) is 12.2. The Labute approximate surface area is 142 Å². The Morgan fingerprint density at radius 3 is 2.08 bits per heavy atom. The fourth-order valence-corrected chi connectivity index (χ4v) is 2.61. The molecule has 0 spiro atoms. The minimum Gasteiger partial charge on any atom is -0.480 e. The van der Waals surface area contributed by atoms with Crippen LogP contribution in [0.4, 0.5) is 0 Å². The number of carbonyl (C=O) groups excluding carboxylic acids is 1. The van der Waals surface area contributed by atoms with Gasteiger partial charge in [-0.3, -0.25) is 4.79 Å². The second-order valence-electron chi connectivity index (χ2n) is 6.19. The SMILES string of the molecule is CCc1ccc(CC(=O)NC(C)(Cc2ccccc2)C(=O)O)cc1. The molecule has 4 heteroatoms. The van der Waals surface area contributed by atoms with E-state index in [-0.39, 0.29) is 18.7 Å². The lowest BCUT2D eigenvalue weighted by molar-refractivity contribution is -0.146. The van der Waals surface area contributed by atoms with Crippen molar-refractivity contribution in [3.05, 3.63) is 71.3 Å². The normalized spacial score (nSPS) is 13.1. The van der Waals surface area contributed by atoms with Gasteiger partial charge in [0, 0.05) is 6.42 Å². The summed E-state index contributed by atoms with van der Waals surface area (Å²) in [4.78, 5) is 24.0. The summed E-state index contributed by atoms with van der Waals surface area (Å²) in [6, 6.07) is 17.1. The largest absolute Gasteiger partial charge is 0.480 e. The van der Waals surface area contributed by atoms with Gasteiger partial charge in [-0.2, -0.15) is 0 Å². The molecule has 1 atom stereocenters. The molecule has 0 aromatic heterocycles. The Kier molecular flexibility index (Phi) is 5.74. The smallest absolute Gasteiger partial charge is 0.329 e. The van der Waals surface area contributed by atoms with Crippen LogP contribution in [0.2, 0.25) is 0 Å². The third kappa shape index (κ3) is 4.69. The number of hydrogen-bond donors (Lipinski definition) is 2. The molecule has 0 aliphatic carbocycles. The van der Waals surface area contributed by atoms with E-state index in [1.165, 1.54) is 5.56 Å². The quantitative estimate of drug-likeness (QED) is 0.822. The van der Waals surface area contributed by atoms with Gasteiger partial charge >= 0.3 is 5.97 Å². The third-order valence-electron chi connectivity index (χ3n) is 4.08. The lowest BCUT2D eigenvalue weighted by Gasteiger charge is -2.26. The number of carboxylic acids is 1. The van der Waals surface area contributed by atoms with Crippen molar-refractivity contribution in [1.82, 2.24) is 5.32 Å². The van der Waals surface area contributed by atoms with E-state index in [2.05, 4.69) is 12.2 Å². The number of aryl methyl sites for hydroxylation is 1. The van der Waals surface area contributed by atoms with Crippen molar-refractivity contribution in [2.24, 2.45) is 0 Å². The summed E-state index contributed by atoms with van der Waals surface area (Å²) < 4.78 is 0. The fourth-order valence-electron chi connectivity index (χ4n) is 2.61. The van der Waals surface area contributed by atoms with Gasteiger partial charge in [-0.25, -0.2) is 4.79 Å². The van der Waals surface area contributed by atoms with E-state index in [4.69, 9.17) is 0 Å². The second-order valence-corrected chi connectivity index (χ2v) is 6.19. The molecular formula is C20H23NO3. The fraction of sp³-hybridized carbons (Fsp3) is 0.300. The summed E-state index contributed by atoms with van der Waals surface area (Å²) >= 11 is 0. The van der Waals surface area contributed by atoms with E-state index < -0.39 is 11.5 Å². The first-order valence-corrected chi connectivity index (χ1v) is 8.09. The van der Waals surface area contributed by atoms with Gasteiger partial charge in [0.1, 0.15) is 5.54 Å². The van der Waals surface area contributed by atoms with E-state index in [0.717, 1.165) is 17.5 Å². The van der Waals surface area contributed by atoms with Crippen molar-refractivity contribution in [3.63, 3.8) is 0 Å². The first-order valence-electron chi connectivity index (χ1n) is 8.09. The number of aliphatic carboxylic acids is 1. The van der Waals surface area contributed by atoms with Crippen LogP contribution in [0.3, 0.4) is 0 Å². The number of amides is 1. The predicted molar refractivity (Wildman–Crippen MR) is 93.9 cm³/mol. The molecule has 0 saturated heterocycles. The number of nitrogens with one attached hydrogen (secondary N) is 1. The number of carbonyl (C=O) groups is 2. The topological polar surface area (TPSA) is 66.4 Å². The molecule has 1 amide bonds. The molecule has 2 aromatic carbocycles. The van der Waals surface area contributed by atoms with Crippen molar-refractivity contribution in [2.45, 2.75) is 38.6 Å². The molecule has 0 fully saturated rings. The van der Waals surface area contributed by atoms with E-state index in [1.807, 2.05) is 54.6 Å². The summed E-state index contributed by atoms with van der Waals surface area (Å²) in [6.07, 6.45) is 1.35. The molecule has 0 heterocycles. The van der Waals surface area contributed by atoms with Gasteiger partial charge in [0.2, 0.25) is 5.91 Å². The molecule has 126 valence electrons. The molecule has 0 aliphatic heterocycles. The van der Waals surface area contributed by atoms with Gasteiger partial charge < -0.3 is 10.4 Å². The Bertz CT molecular complexity index is 695. The van der Waals surface area contributed by atoms with Crippen LogP contribution in [-0.4, -0.2) is 22.5 Å². The van der Waals surface area contributed by atoms with Gasteiger partial charge in [0.15, 0.2) is 0 Å². The number of benzene rings is 2. The van der Waals surface area contributed by atoms with Crippen LogP contribution in [0.1, 0.15) is 30.5 Å². The highest BCUT2D eigenvalue weighted by Gasteiger charge is 2.34. The summed E-state index contributed by atoms with van der Waals surface area (Å²) in [6.45, 7) is 3.62. The van der Waals surface area contributed by atoms with Gasteiger partial charge in [-0.1, -0.05) is 61.5 Å². The van der Waals surface area contributed by atoms with E-state index >= 15 is 0 Å². The van der Waals surface area contributed by atoms with Crippen molar-refractivity contribution in [1.29, 1.82) is 0 Å². The zero-order chi connectivity index (χ0) is 17.6. The molecule has 0 bridgehead atoms. The highest BCUT2D eigenvalue weighted by molar-refractivity contribution is 5.88. The maximum absolute atomic E-state index is 12.3. The van der Waals surface area contributed by atoms with Crippen molar-refractivity contribution in [2.75, 3.05) is 0 Å². The summed E-state index contributed by atoms with van der Waals surface area (Å²) in [5.74, 6) is -1.33. The third-order valence-corrected chi connectivity index (χ3v) is 4.08. The first-order chi connectivity index (χ1) is 11.4. The average Bonchev–Trinajstić information content (AvgIpc) is 2.56. The van der Waals surface area contributed by atoms with Crippen LogP contribution in [0, 0.1) is 0 Å². The predicted octanol–water partition coefficient (Wildman–Crippen LogP) is 2.99. The van der Waals surface area contributed by atoms with Crippen LogP contribution in [0.25, 0.3) is 0 Å². The van der Waals surface area contributed by atoms with Gasteiger partial charge in [0.05, 0.1) is 6.42 Å². The minimum atomic E-state index is -1.33. The Morgan fingerprint density at radius 2 is 1.54 bits per heavy atom. The van der Waals surface area contributed by atoms with E-state index in [9.17, 15) is 14.7 Å². The average molecular weight is 325 g/mol. The molecule has 2 rings (SSSR count). The number of carboxylic acid groups (broad SMARTS) is 1. The Hall–Kier alpha value is -2.62. The van der Waals surface area contributed by atoms with E-state index in [0.29, 0.717) is 0 Å². The maximum Gasteiger partial charge on any atom is 0.329 e. The molecule has 0 radical (unpaired) electrons. The highest BCUT2D eigenvalue weighted by atomic mass is 16.4. The molecule has 0 saturated carbocycles. The Balaban J connectivity index is 2.05. The van der Waals surface area contributed by atoms with Crippen LogP contribution >= 0.6 is 0 Å². The van der Waals surface area contributed by atoms with Gasteiger partial charge in [-0.15, -0.1) is 0 Å². The van der Waals surface area contributed by atoms with Gasteiger partial charge in [0.25, 0.3) is 0 Å². The molecule has 1 unspecified atom stereocenters. The zero-order valence-corrected chi connectivity index (χ0v) is 14.1. The number of hydrogen-bond acceptors (Lipinski definition) is 2. The lowest BCUT2D eigenvalue weighted by atomic mass is 9.92. The standard InChI is InChI=1S/C20H23NO3/c1-3-15-9-11-16(12-10-15)13-18(22)21-20(2,19(23)24)14-17-7-5-4-6-8-17/h4-12H,3,13-14H2,1-2H3,(H,21,22)(H,23,24). The molecule has 0 aliphatic rings. The van der Waals surface area contributed by atoms with Crippen molar-refractivity contribution >= 4 is 11.9 Å². The minimum absolute atomic E-state index is 0.168. The van der Waals surface area contributed by atoms with E-state index in [1.54, 1.807) is 6.92 Å². The van der Waals surface area contributed by atoms with Crippen LogP contribution in [0.5, 0.6) is 0 Å². The summed E-state index contributed by atoms with van der Waals surface area (Å²) in [7, 11) is 0. The number of rotatable bonds is 7. The van der Waals surface area contributed by atoms with Crippen LogP contribution in [-0.2, 0) is 28.9 Å². The zero-order valence-electron chi connectivity index (χ0n) is 14.1. The molecule has 4 nitrogen and oxygen atoms in total. The van der Waals surface area contributed by atoms with Crippen molar-refractivity contribution in [3.8, 4) is 0 Å². The van der Waals surface area contributed by atoms with Crippen molar-refractivity contribution < 1.29 is 14.7 Å². The maximum atomic E-state index is 12.3. The molecular weight excluding hydrogens is 302 g/mol. The molecule has 24 heavy (non-hydrogen) atoms.